The molecule has 2 aromatic rings. The lowest BCUT2D eigenvalue weighted by molar-refractivity contribution is 0.291. The Morgan fingerprint density at radius 3 is 2.94 bits per heavy atom. The van der Waals surface area contributed by atoms with Gasteiger partial charge in [0.05, 0.1) is 5.56 Å². The van der Waals surface area contributed by atoms with Gasteiger partial charge in [-0.3, -0.25) is 0 Å². The minimum absolute atomic E-state index is 0.401. The highest BCUT2D eigenvalue weighted by Gasteiger charge is 2.05. The first-order valence-corrected chi connectivity index (χ1v) is 5.49. The second-order valence-corrected chi connectivity index (χ2v) is 4.04. The number of halogens is 1. The van der Waals surface area contributed by atoms with E-state index in [9.17, 15) is 0 Å². The van der Waals surface area contributed by atoms with Crippen molar-refractivity contribution in [2.75, 3.05) is 5.73 Å². The number of anilines is 1. The number of benzene rings is 1. The molecule has 0 spiro atoms. The molecule has 0 radical (unpaired) electrons. The van der Waals surface area contributed by atoms with Crippen LogP contribution in [0.2, 0.25) is 5.02 Å². The fourth-order valence-electron chi connectivity index (χ4n) is 1.37. The topological polar surface area (TPSA) is 61.0 Å². The minimum atomic E-state index is 0.401. The Labute approximate surface area is 104 Å². The molecule has 0 bridgehead atoms. The van der Waals surface area contributed by atoms with Gasteiger partial charge in [0.1, 0.15) is 18.8 Å². The molecule has 0 atom stereocenters. The predicted octanol–water partition coefficient (Wildman–Crippen LogP) is 2.60. The lowest BCUT2D eigenvalue weighted by Gasteiger charge is -2.08. The van der Waals surface area contributed by atoms with E-state index in [1.54, 1.807) is 0 Å². The molecule has 0 aliphatic carbocycles. The Bertz CT molecular complexity index is 531. The van der Waals surface area contributed by atoms with E-state index in [0.717, 1.165) is 11.1 Å². The number of hydrogen-bond donors (Lipinski definition) is 1. The third-order valence-electron chi connectivity index (χ3n) is 2.34. The first-order chi connectivity index (χ1) is 8.16. The van der Waals surface area contributed by atoms with Gasteiger partial charge in [0, 0.05) is 5.02 Å². The van der Waals surface area contributed by atoms with E-state index in [1.165, 1.54) is 6.33 Å². The van der Waals surface area contributed by atoms with E-state index in [0.29, 0.717) is 23.3 Å². The normalized spacial score (nSPS) is 10.2. The average Bonchev–Trinajstić information content (AvgIpc) is 2.31. The monoisotopic (exact) mass is 249 g/mol. The number of nitrogens with two attached hydrogens (primary N) is 1. The third kappa shape index (κ3) is 2.85. The smallest absolute Gasteiger partial charge is 0.221 e. The molecule has 0 aliphatic heterocycles. The number of nitrogen functional groups attached to an aromatic ring is 1. The van der Waals surface area contributed by atoms with Crippen molar-refractivity contribution in [2.45, 2.75) is 13.5 Å². The summed E-state index contributed by atoms with van der Waals surface area (Å²) in [5.41, 5.74) is 7.39. The SMILES string of the molecule is Cc1c(N)ncnc1OCc1cccc(Cl)c1. The molecule has 0 aliphatic rings. The molecule has 88 valence electrons. The standard InChI is InChI=1S/C12H12ClN3O/c1-8-11(14)15-7-16-12(8)17-6-9-3-2-4-10(13)5-9/h2-5,7H,6H2,1H3,(H2,14,15,16). The van der Waals surface area contributed by atoms with Crippen LogP contribution in [0, 0.1) is 6.92 Å². The van der Waals surface area contributed by atoms with Crippen LogP contribution in [0.1, 0.15) is 11.1 Å². The van der Waals surface area contributed by atoms with Gasteiger partial charge in [-0.25, -0.2) is 9.97 Å². The maximum Gasteiger partial charge on any atom is 0.221 e. The summed E-state index contributed by atoms with van der Waals surface area (Å²) < 4.78 is 5.57. The van der Waals surface area contributed by atoms with Gasteiger partial charge in [0.2, 0.25) is 5.88 Å². The van der Waals surface area contributed by atoms with Crippen LogP contribution >= 0.6 is 11.6 Å². The summed E-state index contributed by atoms with van der Waals surface area (Å²) in [6.07, 6.45) is 1.38. The molecule has 1 heterocycles. The van der Waals surface area contributed by atoms with Crippen LogP contribution in [0.5, 0.6) is 5.88 Å². The maximum absolute atomic E-state index is 5.88. The zero-order valence-electron chi connectivity index (χ0n) is 9.35. The summed E-state index contributed by atoms with van der Waals surface area (Å²) in [7, 11) is 0. The average molecular weight is 250 g/mol. The number of hydrogen-bond acceptors (Lipinski definition) is 4. The fraction of sp³-hybridized carbons (Fsp3) is 0.167. The summed E-state index contributed by atoms with van der Waals surface area (Å²) in [5, 5.41) is 0.685. The van der Waals surface area contributed by atoms with Gasteiger partial charge in [-0.1, -0.05) is 23.7 Å². The quantitative estimate of drug-likeness (QED) is 0.908. The first-order valence-electron chi connectivity index (χ1n) is 5.11. The number of aromatic nitrogens is 2. The Morgan fingerprint density at radius 1 is 1.35 bits per heavy atom. The van der Waals surface area contributed by atoms with Gasteiger partial charge in [0.25, 0.3) is 0 Å². The maximum atomic E-state index is 5.88. The number of nitrogens with zero attached hydrogens (tertiary/aromatic N) is 2. The number of rotatable bonds is 3. The molecule has 1 aromatic heterocycles. The van der Waals surface area contributed by atoms with Crippen LogP contribution < -0.4 is 10.5 Å². The van der Waals surface area contributed by atoms with E-state index < -0.39 is 0 Å². The minimum Gasteiger partial charge on any atom is -0.472 e. The molecule has 0 saturated heterocycles. The van der Waals surface area contributed by atoms with E-state index in [1.807, 2.05) is 31.2 Å². The van der Waals surface area contributed by atoms with Crippen LogP contribution in [-0.4, -0.2) is 9.97 Å². The molecule has 2 N–H and O–H groups in total. The molecule has 2 rings (SSSR count). The van der Waals surface area contributed by atoms with E-state index in [-0.39, 0.29) is 0 Å². The van der Waals surface area contributed by atoms with E-state index in [4.69, 9.17) is 22.1 Å². The van der Waals surface area contributed by atoms with Crippen molar-refractivity contribution >= 4 is 17.4 Å². The van der Waals surface area contributed by atoms with Gasteiger partial charge in [-0.05, 0) is 24.6 Å². The summed E-state index contributed by atoms with van der Waals surface area (Å²) >= 11 is 5.88. The largest absolute Gasteiger partial charge is 0.472 e. The van der Waals surface area contributed by atoms with Crippen molar-refractivity contribution in [2.24, 2.45) is 0 Å². The third-order valence-corrected chi connectivity index (χ3v) is 2.58. The predicted molar refractivity (Wildman–Crippen MR) is 67.0 cm³/mol. The summed E-state index contributed by atoms with van der Waals surface area (Å²) in [6, 6.07) is 7.48. The second-order valence-electron chi connectivity index (χ2n) is 3.61. The van der Waals surface area contributed by atoms with E-state index >= 15 is 0 Å². The number of ether oxygens (including phenoxy) is 1. The highest BCUT2D eigenvalue weighted by atomic mass is 35.5. The van der Waals surface area contributed by atoms with Crippen LogP contribution in [-0.2, 0) is 6.61 Å². The molecule has 0 unspecified atom stereocenters. The van der Waals surface area contributed by atoms with E-state index in [2.05, 4.69) is 9.97 Å². The van der Waals surface area contributed by atoms with Gasteiger partial charge in [0.15, 0.2) is 0 Å². The van der Waals surface area contributed by atoms with Crippen molar-refractivity contribution in [1.29, 1.82) is 0 Å². The molecule has 4 nitrogen and oxygen atoms in total. The Kier molecular flexibility index (Phi) is 3.44. The van der Waals surface area contributed by atoms with Gasteiger partial charge in [-0.2, -0.15) is 0 Å². The van der Waals surface area contributed by atoms with Crippen LogP contribution in [0.4, 0.5) is 5.82 Å². The van der Waals surface area contributed by atoms with Crippen LogP contribution in [0.15, 0.2) is 30.6 Å². The fourth-order valence-corrected chi connectivity index (χ4v) is 1.58. The van der Waals surface area contributed by atoms with Crippen molar-refractivity contribution in [1.82, 2.24) is 9.97 Å². The van der Waals surface area contributed by atoms with Crippen molar-refractivity contribution in [3.05, 3.63) is 46.7 Å². The van der Waals surface area contributed by atoms with Gasteiger partial charge < -0.3 is 10.5 Å². The Morgan fingerprint density at radius 2 is 2.18 bits per heavy atom. The van der Waals surface area contributed by atoms with Crippen LogP contribution in [0.3, 0.4) is 0 Å². The summed E-state index contributed by atoms with van der Waals surface area (Å²) in [6.45, 7) is 2.22. The molecule has 0 amide bonds. The lowest BCUT2D eigenvalue weighted by Crippen LogP contribution is -2.02. The Balaban J connectivity index is 2.10. The first kappa shape index (κ1) is 11.7. The summed E-state index contributed by atoms with van der Waals surface area (Å²) in [5.74, 6) is 0.929. The molecular weight excluding hydrogens is 238 g/mol. The Hall–Kier alpha value is -1.81. The van der Waals surface area contributed by atoms with Crippen molar-refractivity contribution in [3.8, 4) is 5.88 Å². The molecule has 0 fully saturated rings. The molecule has 0 saturated carbocycles. The van der Waals surface area contributed by atoms with Gasteiger partial charge >= 0.3 is 0 Å². The van der Waals surface area contributed by atoms with Crippen molar-refractivity contribution < 1.29 is 4.74 Å². The highest BCUT2D eigenvalue weighted by molar-refractivity contribution is 6.30. The molecule has 1 aromatic carbocycles. The van der Waals surface area contributed by atoms with Crippen molar-refractivity contribution in [3.63, 3.8) is 0 Å². The van der Waals surface area contributed by atoms with Crippen LogP contribution in [0.25, 0.3) is 0 Å². The zero-order valence-corrected chi connectivity index (χ0v) is 10.1. The van der Waals surface area contributed by atoms with Gasteiger partial charge in [-0.15, -0.1) is 0 Å². The highest BCUT2D eigenvalue weighted by Crippen LogP contribution is 2.19. The molecule has 5 heteroatoms. The zero-order chi connectivity index (χ0) is 12.3. The second kappa shape index (κ2) is 5.01. The molecule has 17 heavy (non-hydrogen) atoms. The molecular formula is C12H12ClN3O. The lowest BCUT2D eigenvalue weighted by atomic mass is 10.2. The summed E-state index contributed by atoms with van der Waals surface area (Å²) in [4.78, 5) is 7.90.